The Morgan fingerprint density at radius 2 is 1.94 bits per heavy atom. The number of alkyl carbamates (subject to hydrolysis) is 1. The summed E-state index contributed by atoms with van der Waals surface area (Å²) in [5.41, 5.74) is -0.187. The van der Waals surface area contributed by atoms with E-state index in [1.807, 2.05) is 38.3 Å². The fourth-order valence-corrected chi connectivity index (χ4v) is 4.78. The van der Waals surface area contributed by atoms with E-state index in [2.05, 4.69) is 25.2 Å². The molecule has 4 heterocycles. The van der Waals surface area contributed by atoms with E-state index in [1.165, 1.54) is 18.0 Å². The summed E-state index contributed by atoms with van der Waals surface area (Å²) >= 11 is 7.36. The molecule has 1 amide bonds. The number of fused-ring (bicyclic) bond motifs is 1. The highest BCUT2D eigenvalue weighted by molar-refractivity contribution is 7.99. The molecule has 1 N–H and O–H groups in total. The molecule has 0 saturated carbocycles. The van der Waals surface area contributed by atoms with Crippen LogP contribution in [0.25, 0.3) is 5.65 Å². The van der Waals surface area contributed by atoms with Crippen LogP contribution >= 0.6 is 23.4 Å². The second-order valence-corrected chi connectivity index (χ2v) is 10.7. The Bertz CT molecular complexity index is 1170. The fourth-order valence-electron chi connectivity index (χ4n) is 3.66. The van der Waals surface area contributed by atoms with Gasteiger partial charge in [-0.1, -0.05) is 23.4 Å². The van der Waals surface area contributed by atoms with Crippen LogP contribution < -0.4 is 10.2 Å². The van der Waals surface area contributed by atoms with E-state index in [-0.39, 0.29) is 10.6 Å². The number of amides is 1. The van der Waals surface area contributed by atoms with Crippen LogP contribution in [-0.2, 0) is 4.74 Å². The second-order valence-electron chi connectivity index (χ2n) is 9.23. The number of hydrogen-bond donors (Lipinski definition) is 1. The van der Waals surface area contributed by atoms with Crippen LogP contribution in [0.3, 0.4) is 0 Å². The van der Waals surface area contributed by atoms with Gasteiger partial charge in [-0.3, -0.25) is 4.40 Å². The summed E-state index contributed by atoms with van der Waals surface area (Å²) in [6.07, 6.45) is 7.74. The van der Waals surface area contributed by atoms with Gasteiger partial charge in [0.15, 0.2) is 5.65 Å². The number of carbonyl (C=O) groups is 1. The summed E-state index contributed by atoms with van der Waals surface area (Å²) in [5, 5.41) is 3.00. The Labute approximate surface area is 200 Å². The summed E-state index contributed by atoms with van der Waals surface area (Å²) in [5.74, 6) is 0.0557. The predicted octanol–water partition coefficient (Wildman–Crippen LogP) is 4.95. The van der Waals surface area contributed by atoms with Gasteiger partial charge in [-0.05, 0) is 46.6 Å². The van der Waals surface area contributed by atoms with Gasteiger partial charge < -0.3 is 15.0 Å². The van der Waals surface area contributed by atoms with Crippen LogP contribution in [0.1, 0.15) is 40.5 Å². The van der Waals surface area contributed by atoms with E-state index in [1.54, 1.807) is 18.5 Å². The molecule has 1 aliphatic rings. The van der Waals surface area contributed by atoms with Crippen LogP contribution in [-0.4, -0.2) is 49.7 Å². The maximum absolute atomic E-state index is 13.7. The van der Waals surface area contributed by atoms with Gasteiger partial charge in [-0.15, -0.1) is 0 Å². The number of hydrogen-bond acceptors (Lipinski definition) is 7. The van der Waals surface area contributed by atoms with Gasteiger partial charge in [0.1, 0.15) is 10.6 Å². The second kappa shape index (κ2) is 8.98. The van der Waals surface area contributed by atoms with Crippen molar-refractivity contribution in [1.82, 2.24) is 24.7 Å². The van der Waals surface area contributed by atoms with E-state index in [4.69, 9.17) is 16.3 Å². The number of pyridine rings is 1. The van der Waals surface area contributed by atoms with E-state index in [0.717, 1.165) is 23.7 Å². The first kappa shape index (κ1) is 23.6. The monoisotopic (exact) mass is 492 g/mol. The van der Waals surface area contributed by atoms with Gasteiger partial charge in [0.05, 0.1) is 4.90 Å². The third-order valence-electron chi connectivity index (χ3n) is 5.36. The first-order valence-electron chi connectivity index (χ1n) is 10.6. The summed E-state index contributed by atoms with van der Waals surface area (Å²) in [6, 6.07) is 1.66. The molecule has 0 aromatic carbocycles. The molecule has 176 valence electrons. The first-order chi connectivity index (χ1) is 15.5. The van der Waals surface area contributed by atoms with E-state index in [0.29, 0.717) is 23.6 Å². The predicted molar refractivity (Wildman–Crippen MR) is 126 cm³/mol. The van der Waals surface area contributed by atoms with Crippen LogP contribution in [0, 0.1) is 5.95 Å². The highest BCUT2D eigenvalue weighted by Gasteiger charge is 2.34. The van der Waals surface area contributed by atoms with Crippen molar-refractivity contribution in [2.45, 2.75) is 61.5 Å². The highest BCUT2D eigenvalue weighted by Crippen LogP contribution is 2.36. The van der Waals surface area contributed by atoms with Crippen molar-refractivity contribution >= 4 is 41.1 Å². The number of rotatable bonds is 4. The van der Waals surface area contributed by atoms with E-state index >= 15 is 0 Å². The number of carbonyl (C=O) groups excluding carboxylic acids is 1. The van der Waals surface area contributed by atoms with E-state index < -0.39 is 17.6 Å². The summed E-state index contributed by atoms with van der Waals surface area (Å²) in [4.78, 5) is 28.4. The standard InChI is InChI=1S/C22H26ClFN6O2S/c1-21(2,3)32-20(31)28-22(4)6-10-29(11-7-22)19-27-13-15(18-26-9-12-30(18)19)33-14-5-8-25-17(24)16(14)23/h5,8-9,12-13H,6-7,10-11H2,1-4H3,(H,28,31). The molecular weight excluding hydrogens is 467 g/mol. The highest BCUT2D eigenvalue weighted by atomic mass is 35.5. The van der Waals surface area contributed by atoms with Crippen molar-refractivity contribution in [2.24, 2.45) is 0 Å². The minimum absolute atomic E-state index is 0.0240. The van der Waals surface area contributed by atoms with Gasteiger partial charge in [0.2, 0.25) is 11.9 Å². The third-order valence-corrected chi connectivity index (χ3v) is 6.90. The lowest BCUT2D eigenvalue weighted by molar-refractivity contribution is 0.0448. The molecule has 1 saturated heterocycles. The van der Waals surface area contributed by atoms with Crippen molar-refractivity contribution in [2.75, 3.05) is 18.0 Å². The molecule has 1 fully saturated rings. The van der Waals surface area contributed by atoms with Gasteiger partial charge in [-0.25, -0.2) is 19.7 Å². The summed E-state index contributed by atoms with van der Waals surface area (Å²) in [6.45, 7) is 8.99. The van der Waals surface area contributed by atoms with Crippen LogP contribution in [0.4, 0.5) is 15.1 Å². The van der Waals surface area contributed by atoms with Crippen molar-refractivity contribution in [3.63, 3.8) is 0 Å². The van der Waals surface area contributed by atoms with Crippen molar-refractivity contribution in [1.29, 1.82) is 0 Å². The molecular formula is C22H26ClFN6O2S. The topological polar surface area (TPSA) is 84.6 Å². The Balaban J connectivity index is 1.49. The number of nitrogens with zero attached hydrogens (tertiary/aromatic N) is 5. The Kier molecular flexibility index (Phi) is 6.41. The number of piperidine rings is 1. The number of nitrogens with one attached hydrogen (secondary N) is 1. The maximum Gasteiger partial charge on any atom is 0.408 e. The van der Waals surface area contributed by atoms with Crippen LogP contribution in [0.15, 0.2) is 40.6 Å². The molecule has 0 atom stereocenters. The zero-order valence-corrected chi connectivity index (χ0v) is 20.5. The zero-order valence-electron chi connectivity index (χ0n) is 18.9. The molecule has 33 heavy (non-hydrogen) atoms. The molecule has 0 radical (unpaired) electrons. The number of halogens is 2. The lowest BCUT2D eigenvalue weighted by Gasteiger charge is -2.40. The molecule has 3 aromatic heterocycles. The number of ether oxygens (including phenoxy) is 1. The average molecular weight is 493 g/mol. The Morgan fingerprint density at radius 3 is 2.64 bits per heavy atom. The minimum atomic E-state index is -0.707. The lowest BCUT2D eigenvalue weighted by atomic mass is 9.90. The maximum atomic E-state index is 13.7. The smallest absolute Gasteiger partial charge is 0.408 e. The number of imidazole rings is 1. The Morgan fingerprint density at radius 1 is 1.21 bits per heavy atom. The van der Waals surface area contributed by atoms with E-state index in [9.17, 15) is 9.18 Å². The third kappa shape index (κ3) is 5.33. The minimum Gasteiger partial charge on any atom is -0.444 e. The molecule has 0 bridgehead atoms. The molecule has 4 rings (SSSR count). The number of anilines is 1. The van der Waals surface area contributed by atoms with Gasteiger partial charge >= 0.3 is 6.09 Å². The fraction of sp³-hybridized carbons (Fsp3) is 0.455. The van der Waals surface area contributed by atoms with Crippen LogP contribution in [0.5, 0.6) is 0 Å². The van der Waals surface area contributed by atoms with Gasteiger partial charge in [0.25, 0.3) is 0 Å². The number of aromatic nitrogens is 4. The normalized spacial score (nSPS) is 16.1. The van der Waals surface area contributed by atoms with Crippen molar-refractivity contribution in [3.8, 4) is 0 Å². The molecule has 3 aromatic rings. The quantitative estimate of drug-likeness (QED) is 0.515. The zero-order chi connectivity index (χ0) is 23.8. The molecule has 8 nitrogen and oxygen atoms in total. The molecule has 1 aliphatic heterocycles. The molecule has 0 aliphatic carbocycles. The molecule has 11 heteroatoms. The van der Waals surface area contributed by atoms with Crippen molar-refractivity contribution < 1.29 is 13.9 Å². The van der Waals surface area contributed by atoms with Crippen LogP contribution in [0.2, 0.25) is 5.02 Å². The summed E-state index contributed by atoms with van der Waals surface area (Å²) in [7, 11) is 0. The Hall–Kier alpha value is -2.59. The summed E-state index contributed by atoms with van der Waals surface area (Å²) < 4.78 is 21.1. The first-order valence-corrected chi connectivity index (χ1v) is 11.8. The van der Waals surface area contributed by atoms with Gasteiger partial charge in [-0.2, -0.15) is 4.39 Å². The average Bonchev–Trinajstić information content (AvgIpc) is 3.21. The molecule has 0 spiro atoms. The lowest BCUT2D eigenvalue weighted by Crippen LogP contribution is -2.54. The van der Waals surface area contributed by atoms with Gasteiger partial charge in [0, 0.05) is 48.3 Å². The SMILES string of the molecule is CC1(NC(=O)OC(C)(C)C)CCN(c2ncc(Sc3ccnc(F)c3Cl)c3nccn23)CC1. The largest absolute Gasteiger partial charge is 0.444 e. The van der Waals surface area contributed by atoms with Crippen molar-refractivity contribution in [3.05, 3.63) is 41.8 Å². The molecule has 0 unspecified atom stereocenters.